The lowest BCUT2D eigenvalue weighted by atomic mass is 9.98. The van der Waals surface area contributed by atoms with Gasteiger partial charge < -0.3 is 5.32 Å². The molecule has 1 aliphatic heterocycles. The van der Waals surface area contributed by atoms with E-state index in [9.17, 15) is 13.2 Å². The highest BCUT2D eigenvalue weighted by Crippen LogP contribution is 2.31. The van der Waals surface area contributed by atoms with Gasteiger partial charge in [0.15, 0.2) is 0 Å². The van der Waals surface area contributed by atoms with Crippen LogP contribution in [0.4, 0.5) is 13.2 Å². The van der Waals surface area contributed by atoms with Gasteiger partial charge in [0, 0.05) is 11.3 Å². The lowest BCUT2D eigenvalue weighted by molar-refractivity contribution is -0.137. The van der Waals surface area contributed by atoms with Crippen molar-refractivity contribution in [3.8, 4) is 0 Å². The normalized spacial score (nSPS) is 21.7. The molecule has 1 saturated heterocycles. The van der Waals surface area contributed by atoms with E-state index in [0.29, 0.717) is 11.7 Å². The quantitative estimate of drug-likeness (QED) is 0.898. The highest BCUT2D eigenvalue weighted by Gasteiger charge is 2.31. The number of alkyl halides is 3. The number of thioether (sulfide) groups is 1. The third kappa shape index (κ3) is 4.16. The maximum absolute atomic E-state index is 12.7. The summed E-state index contributed by atoms with van der Waals surface area (Å²) in [6.07, 6.45) is 0.0115. The molecule has 0 amide bonds. The molecule has 20 heavy (non-hydrogen) atoms. The largest absolute Gasteiger partial charge is 0.416 e. The molecule has 1 fully saturated rings. The van der Waals surface area contributed by atoms with Crippen molar-refractivity contribution in [1.29, 1.82) is 0 Å². The Morgan fingerprint density at radius 3 is 2.75 bits per heavy atom. The predicted molar refractivity (Wildman–Crippen MR) is 78.1 cm³/mol. The fraction of sp³-hybridized carbons (Fsp3) is 0.600. The van der Waals surface area contributed by atoms with E-state index in [0.717, 1.165) is 23.8 Å². The summed E-state index contributed by atoms with van der Waals surface area (Å²) in [5.41, 5.74) is 0.200. The predicted octanol–water partition coefficient (Wildman–Crippen LogP) is 4.12. The Morgan fingerprint density at radius 1 is 1.35 bits per heavy atom. The van der Waals surface area contributed by atoms with E-state index in [2.05, 4.69) is 5.32 Å². The van der Waals surface area contributed by atoms with Crippen molar-refractivity contribution in [3.63, 3.8) is 0 Å². The first kappa shape index (κ1) is 15.7. The molecule has 1 nitrogen and oxygen atoms in total. The van der Waals surface area contributed by atoms with E-state index in [1.165, 1.54) is 25.0 Å². The fourth-order valence-electron chi connectivity index (χ4n) is 2.63. The zero-order chi connectivity index (χ0) is 14.6. The molecule has 112 valence electrons. The molecule has 1 N–H and O–H groups in total. The number of nitrogens with one attached hydrogen (secondary N) is 1. The first-order valence-electron chi connectivity index (χ1n) is 6.95. The fourth-order valence-corrected chi connectivity index (χ4v) is 4.10. The number of hydrogen-bond acceptors (Lipinski definition) is 2. The minimum absolute atomic E-state index is 0.240. The zero-order valence-corrected chi connectivity index (χ0v) is 12.4. The molecule has 2 unspecified atom stereocenters. The maximum Gasteiger partial charge on any atom is 0.416 e. The van der Waals surface area contributed by atoms with Crippen molar-refractivity contribution in [1.82, 2.24) is 5.32 Å². The van der Waals surface area contributed by atoms with Crippen LogP contribution in [0.1, 0.15) is 30.4 Å². The Bertz CT molecular complexity index is 427. The van der Waals surface area contributed by atoms with Gasteiger partial charge in [0.05, 0.1) is 5.56 Å². The van der Waals surface area contributed by atoms with E-state index < -0.39 is 11.7 Å². The highest BCUT2D eigenvalue weighted by atomic mass is 32.2. The van der Waals surface area contributed by atoms with Crippen LogP contribution in [-0.2, 0) is 12.6 Å². The van der Waals surface area contributed by atoms with Gasteiger partial charge in [-0.25, -0.2) is 0 Å². The van der Waals surface area contributed by atoms with Crippen LogP contribution < -0.4 is 5.32 Å². The van der Waals surface area contributed by atoms with Crippen LogP contribution in [0.15, 0.2) is 24.3 Å². The van der Waals surface area contributed by atoms with Gasteiger partial charge in [0.25, 0.3) is 0 Å². The van der Waals surface area contributed by atoms with Crippen molar-refractivity contribution in [2.75, 3.05) is 12.8 Å². The standard InChI is InChI=1S/C15H20F3NS/c1-19-13(14-7-2-3-8-20-14)10-11-5-4-6-12(9-11)15(16,17)18/h4-6,9,13-14,19H,2-3,7-8,10H2,1H3. The zero-order valence-electron chi connectivity index (χ0n) is 11.5. The van der Waals surface area contributed by atoms with Gasteiger partial charge in [-0.3, -0.25) is 0 Å². The molecule has 1 aromatic rings. The Labute approximate surface area is 122 Å². The summed E-state index contributed by atoms with van der Waals surface area (Å²) in [6.45, 7) is 0. The average Bonchev–Trinajstić information content (AvgIpc) is 2.45. The van der Waals surface area contributed by atoms with Gasteiger partial charge in [0.2, 0.25) is 0 Å². The molecular weight excluding hydrogens is 283 g/mol. The summed E-state index contributed by atoms with van der Waals surface area (Å²) in [4.78, 5) is 0. The average molecular weight is 303 g/mol. The molecule has 1 heterocycles. The summed E-state index contributed by atoms with van der Waals surface area (Å²) < 4.78 is 38.2. The minimum Gasteiger partial charge on any atom is -0.316 e. The molecule has 2 atom stereocenters. The topological polar surface area (TPSA) is 12.0 Å². The Balaban J connectivity index is 2.07. The Hall–Kier alpha value is -0.680. The van der Waals surface area contributed by atoms with Crippen LogP contribution in [-0.4, -0.2) is 24.1 Å². The van der Waals surface area contributed by atoms with Crippen LogP contribution in [0.2, 0.25) is 0 Å². The molecule has 0 radical (unpaired) electrons. The van der Waals surface area contributed by atoms with Gasteiger partial charge in [0.1, 0.15) is 0 Å². The van der Waals surface area contributed by atoms with Crippen LogP contribution in [0, 0.1) is 0 Å². The van der Waals surface area contributed by atoms with Crippen molar-refractivity contribution < 1.29 is 13.2 Å². The summed E-state index contributed by atoms with van der Waals surface area (Å²) in [5, 5.41) is 3.78. The molecule has 2 rings (SSSR count). The molecule has 0 aromatic heterocycles. The van der Waals surface area contributed by atoms with Crippen molar-refractivity contribution in [2.24, 2.45) is 0 Å². The number of hydrogen-bond donors (Lipinski definition) is 1. The molecular formula is C15H20F3NS. The first-order chi connectivity index (χ1) is 9.50. The second-order valence-electron chi connectivity index (χ2n) is 5.20. The van der Waals surface area contributed by atoms with Gasteiger partial charge in [-0.15, -0.1) is 0 Å². The summed E-state index contributed by atoms with van der Waals surface area (Å²) in [5.74, 6) is 1.16. The first-order valence-corrected chi connectivity index (χ1v) is 8.00. The number of rotatable bonds is 4. The Kier molecular flexibility index (Phi) is 5.38. The highest BCUT2D eigenvalue weighted by molar-refractivity contribution is 8.00. The summed E-state index contributed by atoms with van der Waals surface area (Å²) in [7, 11) is 1.90. The third-order valence-electron chi connectivity index (χ3n) is 3.74. The minimum atomic E-state index is -4.26. The van der Waals surface area contributed by atoms with E-state index >= 15 is 0 Å². The van der Waals surface area contributed by atoms with E-state index in [-0.39, 0.29) is 6.04 Å². The van der Waals surface area contributed by atoms with Crippen molar-refractivity contribution >= 4 is 11.8 Å². The molecule has 0 spiro atoms. The van der Waals surface area contributed by atoms with Crippen LogP contribution in [0.5, 0.6) is 0 Å². The van der Waals surface area contributed by atoms with Crippen LogP contribution in [0.25, 0.3) is 0 Å². The number of halogens is 3. The lowest BCUT2D eigenvalue weighted by Crippen LogP contribution is -2.39. The van der Waals surface area contributed by atoms with Gasteiger partial charge in [-0.05, 0) is 43.7 Å². The molecule has 5 heteroatoms. The van der Waals surface area contributed by atoms with Gasteiger partial charge in [-0.2, -0.15) is 24.9 Å². The summed E-state index contributed by atoms with van der Waals surface area (Å²) in [6, 6.07) is 5.93. The molecule has 0 bridgehead atoms. The molecule has 1 aliphatic rings. The van der Waals surface area contributed by atoms with E-state index in [1.807, 2.05) is 18.8 Å². The summed E-state index contributed by atoms with van der Waals surface area (Å²) >= 11 is 1.94. The third-order valence-corrected chi connectivity index (χ3v) is 5.26. The van der Waals surface area contributed by atoms with Crippen molar-refractivity contribution in [2.45, 2.75) is 43.2 Å². The van der Waals surface area contributed by atoms with Gasteiger partial charge >= 0.3 is 6.18 Å². The van der Waals surface area contributed by atoms with Crippen molar-refractivity contribution in [3.05, 3.63) is 35.4 Å². The Morgan fingerprint density at radius 2 is 2.15 bits per heavy atom. The molecule has 1 aromatic carbocycles. The van der Waals surface area contributed by atoms with E-state index in [1.54, 1.807) is 6.07 Å². The second kappa shape index (κ2) is 6.85. The maximum atomic E-state index is 12.7. The number of likely N-dealkylation sites (N-methyl/N-ethyl adjacent to an activating group) is 1. The van der Waals surface area contributed by atoms with E-state index in [4.69, 9.17) is 0 Å². The second-order valence-corrected chi connectivity index (χ2v) is 6.55. The molecule has 0 aliphatic carbocycles. The molecule has 0 saturated carbocycles. The van der Waals surface area contributed by atoms with Crippen LogP contribution in [0.3, 0.4) is 0 Å². The monoisotopic (exact) mass is 303 g/mol. The number of benzene rings is 1. The smallest absolute Gasteiger partial charge is 0.316 e. The lowest BCUT2D eigenvalue weighted by Gasteiger charge is -2.29. The SMILES string of the molecule is CNC(Cc1cccc(C(F)(F)F)c1)C1CCCCS1. The van der Waals surface area contributed by atoms with Crippen LogP contribution >= 0.6 is 11.8 Å². The van der Waals surface area contributed by atoms with Gasteiger partial charge in [-0.1, -0.05) is 24.6 Å².